The monoisotopic (exact) mass is 375 g/mol. The lowest BCUT2D eigenvalue weighted by molar-refractivity contribution is 0.197. The third-order valence-electron chi connectivity index (χ3n) is 4.79. The maximum absolute atomic E-state index is 13.3. The number of aromatic nitrogens is 3. The van der Waals surface area contributed by atoms with Crippen LogP contribution in [-0.4, -0.2) is 38.4 Å². The molecule has 8 heteroatoms. The molecule has 146 valence electrons. The lowest BCUT2D eigenvalue weighted by Crippen LogP contribution is -2.40. The van der Waals surface area contributed by atoms with Crippen molar-refractivity contribution < 1.29 is 9.18 Å². The van der Waals surface area contributed by atoms with E-state index in [1.54, 1.807) is 21.6 Å². The highest BCUT2D eigenvalue weighted by molar-refractivity contribution is 5.74. The molecule has 1 aromatic heterocycles. The quantitative estimate of drug-likeness (QED) is 0.754. The van der Waals surface area contributed by atoms with Crippen LogP contribution in [0.4, 0.5) is 9.18 Å². The first-order valence-electron chi connectivity index (χ1n) is 9.52. The van der Waals surface area contributed by atoms with Crippen molar-refractivity contribution >= 4 is 6.03 Å². The lowest BCUT2D eigenvalue weighted by Gasteiger charge is -2.21. The number of fused-ring (bicyclic) bond motifs is 1. The van der Waals surface area contributed by atoms with Crippen LogP contribution in [0.15, 0.2) is 29.1 Å². The van der Waals surface area contributed by atoms with Gasteiger partial charge in [-0.25, -0.2) is 18.7 Å². The summed E-state index contributed by atoms with van der Waals surface area (Å²) in [5, 5.41) is 7.25. The van der Waals surface area contributed by atoms with E-state index in [2.05, 4.69) is 10.4 Å². The zero-order chi connectivity index (χ0) is 19.2. The molecule has 0 radical (unpaired) electrons. The first-order chi connectivity index (χ1) is 13.1. The number of urea groups is 1. The number of hydrogen-bond donors (Lipinski definition) is 1. The SMILES string of the molecule is CCN(Cc1cccc(F)c1)C(=O)NCCCn1nc2n(c1=O)CCCC2. The maximum atomic E-state index is 13.3. The van der Waals surface area contributed by atoms with Gasteiger partial charge in [0, 0.05) is 39.1 Å². The van der Waals surface area contributed by atoms with Crippen molar-refractivity contribution in [3.05, 3.63) is 52.0 Å². The molecule has 2 amide bonds. The summed E-state index contributed by atoms with van der Waals surface area (Å²) in [4.78, 5) is 26.2. The predicted octanol–water partition coefficient (Wildman–Crippen LogP) is 2.14. The standard InChI is InChI=1S/C19H26FN5O2/c1-2-23(14-15-7-5-8-16(20)13-15)18(26)21-10-6-12-25-19(27)24-11-4-3-9-17(24)22-25/h5,7-8,13H,2-4,6,9-12,14H2,1H3,(H,21,26). The first kappa shape index (κ1) is 19.1. The summed E-state index contributed by atoms with van der Waals surface area (Å²) >= 11 is 0. The van der Waals surface area contributed by atoms with Crippen molar-refractivity contribution in [1.82, 2.24) is 24.6 Å². The number of hydrogen-bond acceptors (Lipinski definition) is 3. The minimum Gasteiger partial charge on any atom is -0.338 e. The number of amides is 2. The molecule has 3 rings (SSSR count). The van der Waals surface area contributed by atoms with Gasteiger partial charge in [0.2, 0.25) is 0 Å². The normalized spacial score (nSPS) is 13.3. The summed E-state index contributed by atoms with van der Waals surface area (Å²) < 4.78 is 16.5. The second-order valence-electron chi connectivity index (χ2n) is 6.76. The highest BCUT2D eigenvalue weighted by atomic mass is 19.1. The highest BCUT2D eigenvalue weighted by Crippen LogP contribution is 2.09. The van der Waals surface area contributed by atoms with Crippen molar-refractivity contribution in [3.63, 3.8) is 0 Å². The molecule has 1 aliphatic heterocycles. The maximum Gasteiger partial charge on any atom is 0.345 e. The van der Waals surface area contributed by atoms with Crippen LogP contribution in [0, 0.1) is 5.82 Å². The van der Waals surface area contributed by atoms with Crippen LogP contribution < -0.4 is 11.0 Å². The van der Waals surface area contributed by atoms with Gasteiger partial charge in [-0.05, 0) is 43.9 Å². The molecule has 0 unspecified atom stereocenters. The molecule has 1 N–H and O–H groups in total. The van der Waals surface area contributed by atoms with Crippen LogP contribution in [-0.2, 0) is 26.1 Å². The smallest absolute Gasteiger partial charge is 0.338 e. The van der Waals surface area contributed by atoms with E-state index < -0.39 is 0 Å². The molecule has 0 atom stereocenters. The van der Waals surface area contributed by atoms with Gasteiger partial charge in [-0.1, -0.05) is 12.1 Å². The lowest BCUT2D eigenvalue weighted by atomic mass is 10.2. The first-order valence-corrected chi connectivity index (χ1v) is 9.52. The average molecular weight is 375 g/mol. The van der Waals surface area contributed by atoms with Crippen LogP contribution in [0.2, 0.25) is 0 Å². The Balaban J connectivity index is 1.47. The van der Waals surface area contributed by atoms with Crippen LogP contribution in [0.3, 0.4) is 0 Å². The third kappa shape index (κ3) is 4.75. The number of benzene rings is 1. The molecule has 0 spiro atoms. The Morgan fingerprint density at radius 3 is 2.96 bits per heavy atom. The molecule has 27 heavy (non-hydrogen) atoms. The minimum absolute atomic E-state index is 0.0580. The summed E-state index contributed by atoms with van der Waals surface area (Å²) in [5.74, 6) is 0.555. The Morgan fingerprint density at radius 1 is 1.37 bits per heavy atom. The van der Waals surface area contributed by atoms with Crippen molar-refractivity contribution in [2.45, 2.75) is 52.2 Å². The van der Waals surface area contributed by atoms with Gasteiger partial charge in [-0.15, -0.1) is 0 Å². The number of carbonyl (C=O) groups excluding carboxylic acids is 1. The van der Waals surface area contributed by atoms with Crippen molar-refractivity contribution in [1.29, 1.82) is 0 Å². The molecule has 1 aromatic carbocycles. The number of nitrogens with one attached hydrogen (secondary N) is 1. The van der Waals surface area contributed by atoms with E-state index in [1.165, 1.54) is 16.8 Å². The van der Waals surface area contributed by atoms with E-state index in [0.717, 1.165) is 37.2 Å². The van der Waals surface area contributed by atoms with Gasteiger partial charge in [-0.3, -0.25) is 4.57 Å². The molecule has 0 fully saturated rings. The molecule has 2 heterocycles. The molecule has 0 saturated heterocycles. The second-order valence-corrected chi connectivity index (χ2v) is 6.76. The van der Waals surface area contributed by atoms with E-state index in [0.29, 0.717) is 32.6 Å². The Kier molecular flexibility index (Phi) is 6.26. The molecule has 0 aliphatic carbocycles. The number of aryl methyl sites for hydroxylation is 2. The van der Waals surface area contributed by atoms with Crippen molar-refractivity contribution in [3.8, 4) is 0 Å². The topological polar surface area (TPSA) is 72.2 Å². The van der Waals surface area contributed by atoms with Crippen molar-refractivity contribution in [2.24, 2.45) is 0 Å². The Morgan fingerprint density at radius 2 is 2.22 bits per heavy atom. The van der Waals surface area contributed by atoms with Gasteiger partial charge in [-0.2, -0.15) is 5.10 Å². The Hall–Kier alpha value is -2.64. The second kappa shape index (κ2) is 8.83. The molecule has 1 aliphatic rings. The molecule has 2 aromatic rings. The molecular formula is C19H26FN5O2. The Labute approximate surface area is 157 Å². The number of carbonyl (C=O) groups is 1. The van der Waals surface area contributed by atoms with E-state index >= 15 is 0 Å². The van der Waals surface area contributed by atoms with Crippen LogP contribution in [0.5, 0.6) is 0 Å². The molecule has 0 bridgehead atoms. The molecule has 0 saturated carbocycles. The minimum atomic E-state index is -0.308. The fraction of sp³-hybridized carbons (Fsp3) is 0.526. The van der Waals surface area contributed by atoms with E-state index in [1.807, 2.05) is 6.92 Å². The fourth-order valence-corrected chi connectivity index (χ4v) is 3.31. The highest BCUT2D eigenvalue weighted by Gasteiger charge is 2.16. The Bertz CT molecular complexity index is 845. The molecular weight excluding hydrogens is 349 g/mol. The number of halogens is 1. The zero-order valence-corrected chi connectivity index (χ0v) is 15.7. The van der Waals surface area contributed by atoms with Gasteiger partial charge in [0.05, 0.1) is 0 Å². The number of nitrogens with zero attached hydrogens (tertiary/aromatic N) is 4. The average Bonchev–Trinajstić information content (AvgIpc) is 2.99. The van der Waals surface area contributed by atoms with E-state index in [9.17, 15) is 14.0 Å². The van der Waals surface area contributed by atoms with Crippen LogP contribution >= 0.6 is 0 Å². The predicted molar refractivity (Wildman–Crippen MR) is 99.9 cm³/mol. The van der Waals surface area contributed by atoms with E-state index in [4.69, 9.17) is 0 Å². The summed E-state index contributed by atoms with van der Waals surface area (Å²) in [6.45, 7) is 4.44. The van der Waals surface area contributed by atoms with Gasteiger partial charge < -0.3 is 10.2 Å². The summed E-state index contributed by atoms with van der Waals surface area (Å²) in [5.41, 5.74) is 0.694. The van der Waals surface area contributed by atoms with Gasteiger partial charge in [0.15, 0.2) is 0 Å². The van der Waals surface area contributed by atoms with Crippen molar-refractivity contribution in [2.75, 3.05) is 13.1 Å². The van der Waals surface area contributed by atoms with Gasteiger partial charge in [0.25, 0.3) is 0 Å². The van der Waals surface area contributed by atoms with Gasteiger partial charge >= 0.3 is 11.7 Å². The van der Waals surface area contributed by atoms with Gasteiger partial charge in [0.1, 0.15) is 11.6 Å². The number of rotatable bonds is 7. The van der Waals surface area contributed by atoms with E-state index in [-0.39, 0.29) is 17.5 Å². The third-order valence-corrected chi connectivity index (χ3v) is 4.79. The summed E-state index contributed by atoms with van der Waals surface area (Å²) in [6, 6.07) is 6.06. The largest absolute Gasteiger partial charge is 0.345 e. The van der Waals surface area contributed by atoms with Crippen LogP contribution in [0.25, 0.3) is 0 Å². The summed E-state index contributed by atoms with van der Waals surface area (Å²) in [6.07, 6.45) is 3.57. The summed E-state index contributed by atoms with van der Waals surface area (Å²) in [7, 11) is 0. The fourth-order valence-electron chi connectivity index (χ4n) is 3.31. The zero-order valence-electron chi connectivity index (χ0n) is 15.7. The molecule has 7 nitrogen and oxygen atoms in total. The van der Waals surface area contributed by atoms with Crippen LogP contribution in [0.1, 0.15) is 37.6 Å².